The SMILES string of the molecule is CCCNC(=O)NC(=O)CSc1nncn1-c1ccccc1. The fourth-order valence-electron chi connectivity index (χ4n) is 1.66. The Morgan fingerprint density at radius 3 is 2.77 bits per heavy atom. The third kappa shape index (κ3) is 4.59. The van der Waals surface area contributed by atoms with E-state index in [1.54, 1.807) is 10.9 Å². The third-order valence-electron chi connectivity index (χ3n) is 2.67. The average Bonchev–Trinajstić information content (AvgIpc) is 3.00. The Bertz CT molecular complexity index is 629. The second-order valence-corrected chi connectivity index (χ2v) is 5.35. The van der Waals surface area contributed by atoms with Crippen LogP contribution in [0, 0.1) is 0 Å². The zero-order valence-corrected chi connectivity index (χ0v) is 13.0. The fraction of sp³-hybridized carbons (Fsp3) is 0.286. The molecule has 0 saturated carbocycles. The molecule has 1 aromatic carbocycles. The van der Waals surface area contributed by atoms with Gasteiger partial charge in [-0.05, 0) is 18.6 Å². The highest BCUT2D eigenvalue weighted by Gasteiger charge is 2.11. The summed E-state index contributed by atoms with van der Waals surface area (Å²) >= 11 is 1.22. The Labute approximate surface area is 132 Å². The number of carbonyl (C=O) groups excluding carboxylic acids is 2. The molecule has 0 atom stereocenters. The van der Waals surface area contributed by atoms with Gasteiger partial charge in [-0.3, -0.25) is 14.7 Å². The van der Waals surface area contributed by atoms with Crippen molar-refractivity contribution in [3.05, 3.63) is 36.7 Å². The van der Waals surface area contributed by atoms with E-state index in [0.717, 1.165) is 12.1 Å². The summed E-state index contributed by atoms with van der Waals surface area (Å²) in [4.78, 5) is 23.1. The molecule has 2 rings (SSSR count). The van der Waals surface area contributed by atoms with Gasteiger partial charge in [0.25, 0.3) is 0 Å². The first kappa shape index (κ1) is 16.0. The number of hydrogen-bond donors (Lipinski definition) is 2. The first-order valence-corrected chi connectivity index (χ1v) is 7.85. The Morgan fingerprint density at radius 1 is 1.27 bits per heavy atom. The van der Waals surface area contributed by atoms with Gasteiger partial charge < -0.3 is 5.32 Å². The van der Waals surface area contributed by atoms with Crippen molar-refractivity contribution in [3.8, 4) is 5.69 Å². The zero-order valence-electron chi connectivity index (χ0n) is 12.2. The molecule has 3 amide bonds. The molecule has 8 heteroatoms. The lowest BCUT2D eigenvalue weighted by Crippen LogP contribution is -2.40. The molecule has 0 bridgehead atoms. The topological polar surface area (TPSA) is 88.9 Å². The first-order valence-electron chi connectivity index (χ1n) is 6.86. The minimum atomic E-state index is -0.475. The fourth-order valence-corrected chi connectivity index (χ4v) is 2.39. The molecule has 7 nitrogen and oxygen atoms in total. The van der Waals surface area contributed by atoms with E-state index in [1.165, 1.54) is 11.8 Å². The van der Waals surface area contributed by atoms with E-state index in [9.17, 15) is 9.59 Å². The average molecular weight is 319 g/mol. The summed E-state index contributed by atoms with van der Waals surface area (Å²) in [6.45, 7) is 2.48. The highest BCUT2D eigenvalue weighted by atomic mass is 32.2. The summed E-state index contributed by atoms with van der Waals surface area (Å²) in [5.41, 5.74) is 0.913. The third-order valence-corrected chi connectivity index (χ3v) is 3.61. The van der Waals surface area contributed by atoms with Crippen LogP contribution in [0.25, 0.3) is 5.69 Å². The van der Waals surface area contributed by atoms with Crippen molar-refractivity contribution >= 4 is 23.7 Å². The first-order chi connectivity index (χ1) is 10.7. The summed E-state index contributed by atoms with van der Waals surface area (Å²) in [6.07, 6.45) is 2.40. The van der Waals surface area contributed by atoms with Crippen LogP contribution in [0.2, 0.25) is 0 Å². The van der Waals surface area contributed by atoms with Gasteiger partial charge in [0.05, 0.1) is 5.75 Å². The van der Waals surface area contributed by atoms with Crippen molar-refractivity contribution in [1.82, 2.24) is 25.4 Å². The van der Waals surface area contributed by atoms with Crippen LogP contribution in [-0.4, -0.2) is 39.0 Å². The number of carbonyl (C=O) groups is 2. The van der Waals surface area contributed by atoms with E-state index < -0.39 is 6.03 Å². The second kappa shape index (κ2) is 8.18. The Balaban J connectivity index is 1.89. The number of benzene rings is 1. The zero-order chi connectivity index (χ0) is 15.8. The van der Waals surface area contributed by atoms with Gasteiger partial charge in [-0.25, -0.2) is 4.79 Å². The number of rotatable bonds is 6. The van der Waals surface area contributed by atoms with Gasteiger partial charge >= 0.3 is 6.03 Å². The van der Waals surface area contributed by atoms with Crippen molar-refractivity contribution in [2.45, 2.75) is 18.5 Å². The summed E-state index contributed by atoms with van der Waals surface area (Å²) in [7, 11) is 0. The number of nitrogens with one attached hydrogen (secondary N) is 2. The van der Waals surface area contributed by atoms with Crippen molar-refractivity contribution in [3.63, 3.8) is 0 Å². The van der Waals surface area contributed by atoms with E-state index in [-0.39, 0.29) is 11.7 Å². The maximum absolute atomic E-state index is 11.7. The normalized spacial score (nSPS) is 10.2. The largest absolute Gasteiger partial charge is 0.338 e. The van der Waals surface area contributed by atoms with E-state index >= 15 is 0 Å². The molecule has 0 aliphatic rings. The van der Waals surface area contributed by atoms with Gasteiger partial charge in [-0.1, -0.05) is 36.9 Å². The monoisotopic (exact) mass is 319 g/mol. The number of thioether (sulfide) groups is 1. The minimum absolute atomic E-state index is 0.0884. The lowest BCUT2D eigenvalue weighted by atomic mass is 10.3. The summed E-state index contributed by atoms with van der Waals surface area (Å²) in [5.74, 6) is -0.286. The molecule has 2 aromatic rings. The quantitative estimate of drug-likeness (QED) is 0.789. The van der Waals surface area contributed by atoms with Gasteiger partial charge in [-0.15, -0.1) is 10.2 Å². The van der Waals surface area contributed by atoms with Crippen LogP contribution in [0.3, 0.4) is 0 Å². The molecular formula is C14H17N5O2S. The van der Waals surface area contributed by atoms with Crippen LogP contribution in [0.1, 0.15) is 13.3 Å². The number of urea groups is 1. The number of hydrogen-bond acceptors (Lipinski definition) is 5. The highest BCUT2D eigenvalue weighted by Crippen LogP contribution is 2.18. The van der Waals surface area contributed by atoms with Gasteiger partial charge in [0.2, 0.25) is 5.91 Å². The van der Waals surface area contributed by atoms with Gasteiger partial charge in [0.15, 0.2) is 5.16 Å². The molecule has 1 heterocycles. The van der Waals surface area contributed by atoms with Crippen LogP contribution in [-0.2, 0) is 4.79 Å². The lowest BCUT2D eigenvalue weighted by molar-refractivity contribution is -0.117. The lowest BCUT2D eigenvalue weighted by Gasteiger charge is -2.07. The molecule has 0 aliphatic carbocycles. The van der Waals surface area contributed by atoms with Crippen LogP contribution in [0.5, 0.6) is 0 Å². The van der Waals surface area contributed by atoms with Crippen LogP contribution >= 0.6 is 11.8 Å². The summed E-state index contributed by atoms with van der Waals surface area (Å²) < 4.78 is 1.79. The minimum Gasteiger partial charge on any atom is -0.338 e. The van der Waals surface area contributed by atoms with Crippen LogP contribution < -0.4 is 10.6 Å². The summed E-state index contributed by atoms with van der Waals surface area (Å²) in [5, 5.41) is 13.3. The standard InChI is InChI=1S/C14H17N5O2S/c1-2-8-15-13(21)17-12(20)9-22-14-18-16-10-19(14)11-6-4-3-5-7-11/h3-7,10H,2,8-9H2,1H3,(H2,15,17,20,21). The van der Waals surface area contributed by atoms with Gasteiger partial charge in [-0.2, -0.15) is 0 Å². The number of amides is 3. The van der Waals surface area contributed by atoms with E-state index in [2.05, 4.69) is 20.8 Å². The molecular weight excluding hydrogens is 302 g/mol. The molecule has 116 valence electrons. The molecule has 0 spiro atoms. The van der Waals surface area contributed by atoms with Gasteiger partial charge in [0.1, 0.15) is 6.33 Å². The van der Waals surface area contributed by atoms with Crippen molar-refractivity contribution in [2.24, 2.45) is 0 Å². The molecule has 2 N–H and O–H groups in total. The van der Waals surface area contributed by atoms with E-state index in [4.69, 9.17) is 0 Å². The maximum Gasteiger partial charge on any atom is 0.321 e. The molecule has 0 fully saturated rings. The predicted octanol–water partition coefficient (Wildman–Crippen LogP) is 1.60. The Hall–Kier alpha value is -2.35. The smallest absolute Gasteiger partial charge is 0.321 e. The number of imide groups is 1. The Kier molecular flexibility index (Phi) is 5.96. The second-order valence-electron chi connectivity index (χ2n) is 4.41. The van der Waals surface area contributed by atoms with E-state index in [1.807, 2.05) is 37.3 Å². The van der Waals surface area contributed by atoms with Crippen molar-refractivity contribution in [1.29, 1.82) is 0 Å². The van der Waals surface area contributed by atoms with Crippen LogP contribution in [0.15, 0.2) is 41.8 Å². The summed E-state index contributed by atoms with van der Waals surface area (Å²) in [6, 6.07) is 9.11. The predicted molar refractivity (Wildman–Crippen MR) is 83.9 cm³/mol. The van der Waals surface area contributed by atoms with Crippen molar-refractivity contribution in [2.75, 3.05) is 12.3 Å². The van der Waals surface area contributed by atoms with Crippen molar-refractivity contribution < 1.29 is 9.59 Å². The maximum atomic E-state index is 11.7. The molecule has 0 saturated heterocycles. The Morgan fingerprint density at radius 2 is 2.05 bits per heavy atom. The van der Waals surface area contributed by atoms with E-state index in [0.29, 0.717) is 11.7 Å². The molecule has 0 radical (unpaired) electrons. The van der Waals surface area contributed by atoms with Crippen LogP contribution in [0.4, 0.5) is 4.79 Å². The number of para-hydroxylation sites is 1. The molecule has 1 aromatic heterocycles. The molecule has 0 unspecified atom stereocenters. The van der Waals surface area contributed by atoms with Gasteiger partial charge in [0, 0.05) is 12.2 Å². The molecule has 22 heavy (non-hydrogen) atoms. The molecule has 0 aliphatic heterocycles. The highest BCUT2D eigenvalue weighted by molar-refractivity contribution is 7.99. The number of nitrogens with zero attached hydrogens (tertiary/aromatic N) is 3. The number of aromatic nitrogens is 3.